The second-order valence-corrected chi connectivity index (χ2v) is 7.17. The van der Waals surface area contributed by atoms with E-state index >= 15 is 0 Å². The first-order valence-electron chi connectivity index (χ1n) is 10.4. The summed E-state index contributed by atoms with van der Waals surface area (Å²) >= 11 is 0. The first-order chi connectivity index (χ1) is 13.8. The normalized spacial score (nSPS) is 26.3. The molecule has 0 spiro atoms. The van der Waals surface area contributed by atoms with Crippen molar-refractivity contribution in [2.75, 3.05) is 92.1 Å². The minimum atomic E-state index is 0.606. The van der Waals surface area contributed by atoms with Gasteiger partial charge in [0.1, 0.15) is 13.2 Å². The third-order valence-corrected chi connectivity index (χ3v) is 5.01. The largest absolute Gasteiger partial charge is 0.488 e. The van der Waals surface area contributed by atoms with E-state index in [0.717, 1.165) is 64.0 Å². The van der Waals surface area contributed by atoms with E-state index in [1.165, 1.54) is 5.56 Å². The van der Waals surface area contributed by atoms with Gasteiger partial charge in [0.2, 0.25) is 0 Å². The molecule has 2 heterocycles. The van der Waals surface area contributed by atoms with Crippen LogP contribution in [0.15, 0.2) is 18.2 Å². The summed E-state index contributed by atoms with van der Waals surface area (Å²) in [5, 5.41) is 0. The lowest BCUT2D eigenvalue weighted by molar-refractivity contribution is 0.0299. The molecule has 3 rings (SSSR count). The molecule has 2 aliphatic rings. The molecule has 158 valence electrons. The van der Waals surface area contributed by atoms with E-state index in [1.54, 1.807) is 0 Å². The van der Waals surface area contributed by atoms with Crippen molar-refractivity contribution in [3.63, 3.8) is 0 Å². The summed E-state index contributed by atoms with van der Waals surface area (Å²) in [4.78, 5) is 4.65. The van der Waals surface area contributed by atoms with Crippen LogP contribution in [0.25, 0.3) is 0 Å². The summed E-state index contributed by atoms with van der Waals surface area (Å²) in [6.07, 6.45) is 0. The summed E-state index contributed by atoms with van der Waals surface area (Å²) < 4.78 is 29.5. The highest BCUT2D eigenvalue weighted by Gasteiger charge is 2.12. The molecule has 1 aromatic carbocycles. The Kier molecular flexibility index (Phi) is 9.32. The summed E-state index contributed by atoms with van der Waals surface area (Å²) in [6.45, 7) is 12.5. The van der Waals surface area contributed by atoms with Crippen molar-refractivity contribution < 1.29 is 23.7 Å². The van der Waals surface area contributed by atoms with Gasteiger partial charge in [-0.05, 0) is 24.6 Å². The molecule has 0 aromatic heterocycles. The maximum atomic E-state index is 6.08. The number of rotatable bonds is 0. The van der Waals surface area contributed by atoms with E-state index in [1.807, 2.05) is 12.1 Å². The van der Waals surface area contributed by atoms with Crippen LogP contribution in [0.4, 0.5) is 0 Å². The molecule has 2 atom stereocenters. The van der Waals surface area contributed by atoms with Crippen molar-refractivity contribution in [2.45, 2.75) is 6.92 Å². The summed E-state index contributed by atoms with van der Waals surface area (Å²) in [5.41, 5.74) is 1.17. The standard InChI is InChI=1S/C21H34N2O5/c1-19-2-3-20-21(18-19)28-15-9-23-5-11-24-10-4-22(8-14-27-20)6-12-25-16-17-26-13-7-23/h2-3,18H,4-17H2,1H3. The van der Waals surface area contributed by atoms with Crippen LogP contribution in [0.1, 0.15) is 5.56 Å². The summed E-state index contributed by atoms with van der Waals surface area (Å²) in [5.74, 6) is 1.63. The predicted octanol–water partition coefficient (Wildman–Crippen LogP) is 1.43. The fraction of sp³-hybridized carbons (Fsp3) is 0.714. The van der Waals surface area contributed by atoms with Gasteiger partial charge in [-0.3, -0.25) is 9.80 Å². The number of benzene rings is 1. The van der Waals surface area contributed by atoms with Gasteiger partial charge in [-0.1, -0.05) is 6.07 Å². The molecule has 0 saturated carbocycles. The minimum absolute atomic E-state index is 0.606. The molecule has 0 aliphatic carbocycles. The van der Waals surface area contributed by atoms with Gasteiger partial charge in [-0.2, -0.15) is 0 Å². The Morgan fingerprint density at radius 2 is 1.04 bits per heavy atom. The zero-order chi connectivity index (χ0) is 19.4. The van der Waals surface area contributed by atoms with Crippen LogP contribution in [-0.2, 0) is 14.2 Å². The van der Waals surface area contributed by atoms with Gasteiger partial charge >= 0.3 is 0 Å². The first-order valence-corrected chi connectivity index (χ1v) is 10.4. The first kappa shape index (κ1) is 21.3. The van der Waals surface area contributed by atoms with Crippen LogP contribution >= 0.6 is 0 Å². The molecule has 1 aromatic rings. The molecule has 0 amide bonds. The van der Waals surface area contributed by atoms with Crippen LogP contribution in [-0.4, -0.2) is 102 Å². The van der Waals surface area contributed by atoms with Gasteiger partial charge in [0.05, 0.1) is 39.6 Å². The number of hydrogen-bond donors (Lipinski definition) is 0. The second-order valence-electron chi connectivity index (χ2n) is 7.17. The average molecular weight is 395 g/mol. The zero-order valence-corrected chi connectivity index (χ0v) is 17.1. The third kappa shape index (κ3) is 7.56. The molecule has 2 unspecified atom stereocenters. The van der Waals surface area contributed by atoms with Crippen LogP contribution in [0.5, 0.6) is 11.5 Å². The molecule has 7 heteroatoms. The van der Waals surface area contributed by atoms with E-state index in [-0.39, 0.29) is 0 Å². The van der Waals surface area contributed by atoms with Crippen LogP contribution in [0.3, 0.4) is 0 Å². The van der Waals surface area contributed by atoms with Crippen LogP contribution in [0, 0.1) is 6.92 Å². The van der Waals surface area contributed by atoms with E-state index in [2.05, 4.69) is 22.8 Å². The molecule has 1 fully saturated rings. The van der Waals surface area contributed by atoms with Crippen molar-refractivity contribution in [1.82, 2.24) is 9.80 Å². The second kappa shape index (κ2) is 12.2. The lowest BCUT2D eigenvalue weighted by Gasteiger charge is -2.22. The topological polar surface area (TPSA) is 52.6 Å². The fourth-order valence-corrected chi connectivity index (χ4v) is 3.29. The zero-order valence-electron chi connectivity index (χ0n) is 17.1. The quantitative estimate of drug-likeness (QED) is 0.617. The molecule has 7 nitrogen and oxygen atoms in total. The van der Waals surface area contributed by atoms with Crippen molar-refractivity contribution >= 4 is 0 Å². The summed E-state index contributed by atoms with van der Waals surface area (Å²) in [6, 6.07) is 6.11. The lowest BCUT2D eigenvalue weighted by atomic mass is 10.2. The van der Waals surface area contributed by atoms with Crippen molar-refractivity contribution in [2.24, 2.45) is 0 Å². The van der Waals surface area contributed by atoms with Gasteiger partial charge in [-0.25, -0.2) is 0 Å². The minimum Gasteiger partial charge on any atom is -0.488 e. The highest BCUT2D eigenvalue weighted by molar-refractivity contribution is 5.42. The number of fused-ring (bicyclic) bond motifs is 7. The Bertz CT molecular complexity index is 572. The fourth-order valence-electron chi connectivity index (χ4n) is 3.29. The van der Waals surface area contributed by atoms with E-state index in [0.29, 0.717) is 39.6 Å². The molecule has 0 N–H and O–H groups in total. The number of nitrogens with zero attached hydrogens (tertiary/aromatic N) is 2. The average Bonchev–Trinajstić information content (AvgIpc) is 2.70. The molecule has 28 heavy (non-hydrogen) atoms. The highest BCUT2D eigenvalue weighted by Crippen LogP contribution is 2.28. The number of ether oxygens (including phenoxy) is 5. The maximum absolute atomic E-state index is 6.08. The van der Waals surface area contributed by atoms with Crippen LogP contribution < -0.4 is 9.47 Å². The van der Waals surface area contributed by atoms with Crippen molar-refractivity contribution in [3.05, 3.63) is 23.8 Å². The van der Waals surface area contributed by atoms with Crippen molar-refractivity contribution in [3.8, 4) is 11.5 Å². The van der Waals surface area contributed by atoms with E-state index in [4.69, 9.17) is 23.7 Å². The molecule has 2 bridgehead atoms. The monoisotopic (exact) mass is 394 g/mol. The molecule has 0 radical (unpaired) electrons. The van der Waals surface area contributed by atoms with Gasteiger partial charge in [0.25, 0.3) is 0 Å². The molecule has 2 aliphatic heterocycles. The maximum Gasteiger partial charge on any atom is 0.161 e. The number of aryl methyl sites for hydroxylation is 1. The molecule has 1 saturated heterocycles. The SMILES string of the molecule is Cc1ccc2c(c1)OCCN1CCOCCOCCN(CCOCC1)CCO2. The lowest BCUT2D eigenvalue weighted by Crippen LogP contribution is -2.36. The number of hydrogen-bond acceptors (Lipinski definition) is 7. The molecular formula is C21H34N2O5. The van der Waals surface area contributed by atoms with Crippen molar-refractivity contribution in [1.29, 1.82) is 0 Å². The van der Waals surface area contributed by atoms with Gasteiger partial charge in [0.15, 0.2) is 11.5 Å². The Labute approximate surface area is 168 Å². The van der Waals surface area contributed by atoms with Gasteiger partial charge in [-0.15, -0.1) is 0 Å². The highest BCUT2D eigenvalue weighted by atomic mass is 16.5. The Balaban J connectivity index is 1.72. The predicted molar refractivity (Wildman–Crippen MR) is 108 cm³/mol. The Morgan fingerprint density at radius 1 is 0.571 bits per heavy atom. The Hall–Kier alpha value is -1.38. The molecular weight excluding hydrogens is 360 g/mol. The Morgan fingerprint density at radius 3 is 1.61 bits per heavy atom. The van der Waals surface area contributed by atoms with Crippen LogP contribution in [0.2, 0.25) is 0 Å². The van der Waals surface area contributed by atoms with E-state index < -0.39 is 0 Å². The smallest absolute Gasteiger partial charge is 0.161 e. The third-order valence-electron chi connectivity index (χ3n) is 5.01. The van der Waals surface area contributed by atoms with E-state index in [9.17, 15) is 0 Å². The van der Waals surface area contributed by atoms with Gasteiger partial charge < -0.3 is 23.7 Å². The summed E-state index contributed by atoms with van der Waals surface area (Å²) in [7, 11) is 0. The van der Waals surface area contributed by atoms with Gasteiger partial charge in [0, 0.05) is 39.3 Å².